The van der Waals surface area contributed by atoms with Crippen molar-refractivity contribution >= 4 is 0 Å². The Morgan fingerprint density at radius 1 is 1.31 bits per heavy atom. The van der Waals surface area contributed by atoms with Crippen molar-refractivity contribution in [1.82, 2.24) is 10.2 Å². The van der Waals surface area contributed by atoms with Gasteiger partial charge in [-0.1, -0.05) is 13.3 Å². The highest BCUT2D eigenvalue weighted by molar-refractivity contribution is 4.82. The van der Waals surface area contributed by atoms with Crippen molar-refractivity contribution in [3.05, 3.63) is 0 Å². The molecular weight excluding hydrogens is 196 g/mol. The molecule has 0 aromatic carbocycles. The third-order valence-electron chi connectivity index (χ3n) is 4.33. The lowest BCUT2D eigenvalue weighted by Gasteiger charge is -2.24. The predicted molar refractivity (Wildman–Crippen MR) is 69.7 cm³/mol. The largest absolute Gasteiger partial charge is 0.314 e. The Labute approximate surface area is 101 Å². The summed E-state index contributed by atoms with van der Waals surface area (Å²) in [6.45, 7) is 8.68. The van der Waals surface area contributed by atoms with Crippen molar-refractivity contribution in [1.29, 1.82) is 0 Å². The van der Waals surface area contributed by atoms with Gasteiger partial charge in [0, 0.05) is 18.6 Å². The third kappa shape index (κ3) is 3.74. The molecule has 1 saturated heterocycles. The highest BCUT2D eigenvalue weighted by Gasteiger charge is 2.24. The van der Waals surface area contributed by atoms with Crippen LogP contribution in [-0.4, -0.2) is 36.6 Å². The average molecular weight is 224 g/mol. The van der Waals surface area contributed by atoms with Gasteiger partial charge in [-0.15, -0.1) is 0 Å². The predicted octanol–water partition coefficient (Wildman–Crippen LogP) is 2.64. The van der Waals surface area contributed by atoms with Gasteiger partial charge in [0.2, 0.25) is 0 Å². The highest BCUT2D eigenvalue weighted by Crippen LogP contribution is 2.23. The minimum Gasteiger partial charge on any atom is -0.314 e. The van der Waals surface area contributed by atoms with Gasteiger partial charge in [0.05, 0.1) is 0 Å². The Morgan fingerprint density at radius 2 is 2.12 bits per heavy atom. The molecule has 2 aliphatic rings. The third-order valence-corrected chi connectivity index (χ3v) is 4.33. The lowest BCUT2D eigenvalue weighted by atomic mass is 10.1. The minimum atomic E-state index is 0.803. The maximum Gasteiger partial charge on any atom is 0.00682 e. The van der Waals surface area contributed by atoms with Crippen LogP contribution in [0.15, 0.2) is 0 Å². The van der Waals surface area contributed by atoms with Gasteiger partial charge >= 0.3 is 0 Å². The Balaban J connectivity index is 1.54. The molecule has 1 aliphatic heterocycles. The van der Waals surface area contributed by atoms with E-state index in [-0.39, 0.29) is 0 Å². The molecule has 1 N–H and O–H groups in total. The molecule has 0 amide bonds. The van der Waals surface area contributed by atoms with E-state index in [9.17, 15) is 0 Å². The van der Waals surface area contributed by atoms with Crippen LogP contribution in [0.2, 0.25) is 0 Å². The van der Waals surface area contributed by atoms with E-state index in [4.69, 9.17) is 0 Å². The molecule has 1 heterocycles. The maximum atomic E-state index is 3.60. The molecule has 2 fully saturated rings. The van der Waals surface area contributed by atoms with Crippen molar-refractivity contribution in [2.75, 3.05) is 19.6 Å². The fourth-order valence-electron chi connectivity index (χ4n) is 2.77. The Kier molecular flexibility index (Phi) is 4.66. The number of hydrogen-bond acceptors (Lipinski definition) is 2. The zero-order valence-corrected chi connectivity index (χ0v) is 11.0. The van der Waals surface area contributed by atoms with Gasteiger partial charge in [0.1, 0.15) is 0 Å². The number of nitrogens with one attached hydrogen (secondary N) is 1. The molecule has 2 unspecified atom stereocenters. The summed E-state index contributed by atoms with van der Waals surface area (Å²) in [4.78, 5) is 2.70. The topological polar surface area (TPSA) is 15.3 Å². The highest BCUT2D eigenvalue weighted by atomic mass is 15.2. The Hall–Kier alpha value is -0.0800. The van der Waals surface area contributed by atoms with E-state index in [0.29, 0.717) is 0 Å². The molecule has 2 rings (SSSR count). The summed E-state index contributed by atoms with van der Waals surface area (Å²) >= 11 is 0. The van der Waals surface area contributed by atoms with Gasteiger partial charge in [-0.3, -0.25) is 0 Å². The van der Waals surface area contributed by atoms with E-state index >= 15 is 0 Å². The van der Waals surface area contributed by atoms with Gasteiger partial charge in [-0.25, -0.2) is 0 Å². The first-order valence-corrected chi connectivity index (χ1v) is 7.27. The molecule has 16 heavy (non-hydrogen) atoms. The van der Waals surface area contributed by atoms with Crippen LogP contribution < -0.4 is 5.32 Å². The van der Waals surface area contributed by atoms with Gasteiger partial charge in [0.25, 0.3) is 0 Å². The molecule has 1 saturated carbocycles. The number of rotatable bonds is 7. The summed E-state index contributed by atoms with van der Waals surface area (Å²) < 4.78 is 0. The van der Waals surface area contributed by atoms with Gasteiger partial charge < -0.3 is 10.2 Å². The number of nitrogens with zero attached hydrogens (tertiary/aromatic N) is 1. The van der Waals surface area contributed by atoms with Crippen molar-refractivity contribution in [3.63, 3.8) is 0 Å². The van der Waals surface area contributed by atoms with Crippen molar-refractivity contribution < 1.29 is 0 Å². The van der Waals surface area contributed by atoms with Crippen LogP contribution in [-0.2, 0) is 0 Å². The molecule has 0 aromatic rings. The van der Waals surface area contributed by atoms with Crippen molar-refractivity contribution in [3.8, 4) is 0 Å². The molecule has 0 spiro atoms. The summed E-state index contributed by atoms with van der Waals surface area (Å²) in [5.74, 6) is 0.979. The van der Waals surface area contributed by atoms with E-state index in [1.807, 2.05) is 0 Å². The normalized spacial score (nSPS) is 28.5. The van der Waals surface area contributed by atoms with E-state index < -0.39 is 0 Å². The van der Waals surface area contributed by atoms with Gasteiger partial charge in [-0.05, 0) is 58.0 Å². The monoisotopic (exact) mass is 224 g/mol. The van der Waals surface area contributed by atoms with Crippen molar-refractivity contribution in [2.45, 2.75) is 64.5 Å². The quantitative estimate of drug-likeness (QED) is 0.669. The van der Waals surface area contributed by atoms with Crippen molar-refractivity contribution in [2.24, 2.45) is 5.92 Å². The first-order valence-electron chi connectivity index (χ1n) is 7.27. The van der Waals surface area contributed by atoms with Gasteiger partial charge in [-0.2, -0.15) is 0 Å². The van der Waals surface area contributed by atoms with Crippen LogP contribution >= 0.6 is 0 Å². The first kappa shape index (κ1) is 12.4. The molecule has 0 bridgehead atoms. The second kappa shape index (κ2) is 6.02. The zero-order valence-electron chi connectivity index (χ0n) is 11.0. The summed E-state index contributed by atoms with van der Waals surface area (Å²) in [6, 6.07) is 1.68. The van der Waals surface area contributed by atoms with Crippen LogP contribution in [0, 0.1) is 5.92 Å². The lowest BCUT2D eigenvalue weighted by Crippen LogP contribution is -2.31. The van der Waals surface area contributed by atoms with Crippen LogP contribution in [0.5, 0.6) is 0 Å². The molecule has 2 atom stereocenters. The zero-order chi connectivity index (χ0) is 11.4. The second-order valence-electron chi connectivity index (χ2n) is 5.78. The fourth-order valence-corrected chi connectivity index (χ4v) is 2.77. The van der Waals surface area contributed by atoms with E-state index in [2.05, 4.69) is 24.1 Å². The Morgan fingerprint density at radius 3 is 2.75 bits per heavy atom. The standard InChI is InChI=1S/C14H28N2/c1-3-13-8-10-16(11-13)12(2)5-4-9-15-14-6-7-14/h12-15H,3-11H2,1-2H3. The maximum absolute atomic E-state index is 3.60. The van der Waals surface area contributed by atoms with Crippen LogP contribution in [0.25, 0.3) is 0 Å². The van der Waals surface area contributed by atoms with E-state index in [0.717, 1.165) is 18.0 Å². The van der Waals surface area contributed by atoms with E-state index in [1.165, 1.54) is 58.2 Å². The molecule has 0 radical (unpaired) electrons. The average Bonchev–Trinajstić information content (AvgIpc) is 2.99. The molecule has 0 aromatic heterocycles. The Bertz CT molecular complexity index is 201. The second-order valence-corrected chi connectivity index (χ2v) is 5.78. The lowest BCUT2D eigenvalue weighted by molar-refractivity contribution is 0.233. The summed E-state index contributed by atoms with van der Waals surface area (Å²) in [6.07, 6.45) is 8.36. The van der Waals surface area contributed by atoms with E-state index in [1.54, 1.807) is 0 Å². The minimum absolute atomic E-state index is 0.803. The summed E-state index contributed by atoms with van der Waals surface area (Å²) in [7, 11) is 0. The van der Waals surface area contributed by atoms with Crippen LogP contribution in [0.4, 0.5) is 0 Å². The smallest absolute Gasteiger partial charge is 0.00682 e. The molecule has 94 valence electrons. The SMILES string of the molecule is CCC1CCN(C(C)CCCNC2CC2)C1. The fraction of sp³-hybridized carbons (Fsp3) is 1.00. The molecule has 2 heteroatoms. The van der Waals surface area contributed by atoms with Crippen LogP contribution in [0.3, 0.4) is 0 Å². The number of likely N-dealkylation sites (tertiary alicyclic amines) is 1. The van der Waals surface area contributed by atoms with Gasteiger partial charge in [0.15, 0.2) is 0 Å². The molecular formula is C14H28N2. The summed E-state index contributed by atoms with van der Waals surface area (Å²) in [5, 5.41) is 3.60. The summed E-state index contributed by atoms with van der Waals surface area (Å²) in [5.41, 5.74) is 0. The molecule has 2 nitrogen and oxygen atoms in total. The van der Waals surface area contributed by atoms with Crippen LogP contribution in [0.1, 0.15) is 52.4 Å². The number of hydrogen-bond donors (Lipinski definition) is 1. The molecule has 1 aliphatic carbocycles. The first-order chi connectivity index (χ1) is 7.79.